The predicted octanol–water partition coefficient (Wildman–Crippen LogP) is 4.60. The number of fused-ring (bicyclic) bond motifs is 2. The fourth-order valence-corrected chi connectivity index (χ4v) is 9.72. The number of nitrogens with zero attached hydrogens (tertiary/aromatic N) is 1. The van der Waals surface area contributed by atoms with E-state index in [0.717, 1.165) is 16.7 Å². The third-order valence-electron chi connectivity index (χ3n) is 8.65. The molecule has 0 radical (unpaired) electrons. The van der Waals surface area contributed by atoms with Crippen molar-refractivity contribution in [2.75, 3.05) is 5.32 Å². The fraction of sp³-hybridized carbons (Fsp3) is 0.162. The molecule has 0 saturated heterocycles. The van der Waals surface area contributed by atoms with Gasteiger partial charge in [0.25, 0.3) is 10.1 Å². The first-order chi connectivity index (χ1) is 24.2. The van der Waals surface area contributed by atoms with Gasteiger partial charge in [-0.1, -0.05) is 73.2 Å². The molecule has 270 valence electrons. The largest absolute Gasteiger partial charge is 1.00 e. The average molecular weight is 832 g/mol. The average Bonchev–Trinajstić information content (AvgIpc) is 3.02. The van der Waals surface area contributed by atoms with Gasteiger partial charge in [-0.3, -0.25) is 4.55 Å². The number of anilines is 2. The summed E-state index contributed by atoms with van der Waals surface area (Å²) in [5.41, 5.74) is 6.10. The normalized spacial score (nSPS) is 12.2. The van der Waals surface area contributed by atoms with Crippen LogP contribution in [0.4, 0.5) is 17.1 Å². The Balaban J connectivity index is 0.00000325. The van der Waals surface area contributed by atoms with E-state index in [9.17, 15) is 25.9 Å². The van der Waals surface area contributed by atoms with Gasteiger partial charge in [-0.05, 0) is 67.4 Å². The van der Waals surface area contributed by atoms with Gasteiger partial charge in [-0.15, -0.1) is 11.1 Å². The second-order valence-corrected chi connectivity index (χ2v) is 16.6. The van der Waals surface area contributed by atoms with E-state index in [4.69, 9.17) is 55.8 Å². The van der Waals surface area contributed by atoms with Crippen LogP contribution in [-0.4, -0.2) is 25.9 Å². The summed E-state index contributed by atoms with van der Waals surface area (Å²) in [6, 6.07) is 16.8. The van der Waals surface area contributed by atoms with Crippen molar-refractivity contribution in [3.05, 3.63) is 113 Å². The zero-order valence-electron chi connectivity index (χ0n) is 30.3. The number of aryl methyl sites for hydroxylation is 5. The molecule has 0 bridgehead atoms. The maximum atomic E-state index is 12.9. The smallest absolute Gasteiger partial charge is 0.744 e. The summed E-state index contributed by atoms with van der Waals surface area (Å²) in [5.74, 6) is 0.245. The molecule has 1 aliphatic heterocycles. The first kappa shape index (κ1) is 44.3. The van der Waals surface area contributed by atoms with E-state index in [1.807, 2.05) is 26.8 Å². The maximum absolute atomic E-state index is 12.9. The number of hydrogen-bond acceptors (Lipinski definition) is 8. The molecule has 1 heterocycles. The van der Waals surface area contributed by atoms with Crippen molar-refractivity contribution >= 4 is 94.7 Å². The Bertz CT molecular complexity index is 2770. The molecule has 6 rings (SSSR count). The molecule has 0 fully saturated rings. The van der Waals surface area contributed by atoms with E-state index < -0.39 is 30.2 Å². The third-order valence-corrected chi connectivity index (χ3v) is 12.6. The number of nitrogens with one attached hydrogen (secondary N) is 1. The quantitative estimate of drug-likeness (QED) is 0.0618. The van der Waals surface area contributed by atoms with Gasteiger partial charge in [0.15, 0.2) is 0 Å². The number of hydrogen-bond donors (Lipinski definition) is 2. The van der Waals surface area contributed by atoms with Gasteiger partial charge in [-0.2, -0.15) is 26.1 Å². The van der Waals surface area contributed by atoms with Crippen LogP contribution in [0.5, 0.6) is 0 Å². The third kappa shape index (κ3) is 8.17. The van der Waals surface area contributed by atoms with Gasteiger partial charge in [0.2, 0.25) is 0 Å². The topological polar surface area (TPSA) is 149 Å². The number of halogens is 4. The standard InChI is InChI=1S/C37H29Cl4N2O7S2.2Li/c1-16-11-17(2)34(18(3)12-16)42-22-7-9-24-26(14-22)50-27-15-23(43-35-19(4)13-20(5)36(21(35)6)51(44,45)46)8-10-25(27)28(24)29-30(38)31(39)32(40)33(41)37(29)52(47,48)49;;/h7-11,13-15,43H,1-6H3,(H,44,45,46)(H,47,48,49);;/q-1;2*+1/p-1. The molecule has 1 aliphatic carbocycles. The molecule has 54 heavy (non-hydrogen) atoms. The van der Waals surface area contributed by atoms with Crippen LogP contribution in [0, 0.1) is 47.6 Å². The molecule has 4 aromatic rings. The Labute approximate surface area is 357 Å². The van der Waals surface area contributed by atoms with Gasteiger partial charge in [-0.25, -0.2) is 8.42 Å². The minimum Gasteiger partial charge on any atom is -0.744 e. The Morgan fingerprint density at radius 3 is 2.02 bits per heavy atom. The Morgan fingerprint density at radius 1 is 0.759 bits per heavy atom. The first-order valence-corrected chi connectivity index (χ1v) is 19.8. The van der Waals surface area contributed by atoms with Gasteiger partial charge in [0.1, 0.15) is 26.4 Å². The molecule has 2 N–H and O–H groups in total. The van der Waals surface area contributed by atoms with Crippen LogP contribution in [0.2, 0.25) is 20.1 Å². The van der Waals surface area contributed by atoms with E-state index in [2.05, 4.69) is 11.4 Å². The van der Waals surface area contributed by atoms with Crippen molar-refractivity contribution in [1.82, 2.24) is 0 Å². The Hall–Kier alpha value is -2.46. The van der Waals surface area contributed by atoms with Crippen LogP contribution in [0.25, 0.3) is 33.4 Å². The first-order valence-electron chi connectivity index (χ1n) is 15.4. The van der Waals surface area contributed by atoms with Crippen molar-refractivity contribution in [2.45, 2.75) is 51.3 Å². The van der Waals surface area contributed by atoms with Gasteiger partial charge in [0.05, 0.1) is 30.3 Å². The van der Waals surface area contributed by atoms with Crippen LogP contribution in [0.15, 0.2) is 67.7 Å². The minimum atomic E-state index is -5.05. The molecule has 4 aromatic carbocycles. The molecule has 0 atom stereocenters. The molecule has 0 aromatic heterocycles. The van der Waals surface area contributed by atoms with Gasteiger partial charge < -0.3 is 19.3 Å². The fourth-order valence-electron chi connectivity index (χ4n) is 6.64. The van der Waals surface area contributed by atoms with Gasteiger partial charge in [0, 0.05) is 45.6 Å². The maximum Gasteiger partial charge on any atom is 1.00 e. The molecule has 9 nitrogen and oxygen atoms in total. The summed E-state index contributed by atoms with van der Waals surface area (Å²) >= 11 is 25.9. The van der Waals surface area contributed by atoms with Crippen LogP contribution < -0.4 is 48.4 Å². The van der Waals surface area contributed by atoms with Crippen LogP contribution >= 0.6 is 46.4 Å². The van der Waals surface area contributed by atoms with Crippen molar-refractivity contribution in [2.24, 2.45) is 4.99 Å². The summed E-state index contributed by atoms with van der Waals surface area (Å²) in [7, 11) is -9.84. The number of rotatable bonds is 6. The molecule has 0 spiro atoms. The predicted molar refractivity (Wildman–Crippen MR) is 205 cm³/mol. The Kier molecular flexibility index (Phi) is 13.3. The minimum absolute atomic E-state index is 0. The summed E-state index contributed by atoms with van der Waals surface area (Å²) in [6.07, 6.45) is 0. The van der Waals surface area contributed by atoms with Crippen LogP contribution in [0.3, 0.4) is 0 Å². The van der Waals surface area contributed by atoms with Crippen molar-refractivity contribution in [1.29, 1.82) is 0 Å². The molecule has 0 amide bonds. The SMILES string of the molecule is Cc1[c-]c(C)c(N=c2ccc3c(-c4c(Cl)c(Cl)c(Cl)c(Cl)c4S(=O)(=O)O)c4ccc(Nc5c(C)cc(C)c(S(=O)(=O)[O-])c5C)cc4oc-3c2)c(C)c1.[Li+].[Li+]. The zero-order valence-corrected chi connectivity index (χ0v) is 34.9. The number of benzene rings is 5. The van der Waals surface area contributed by atoms with E-state index >= 15 is 0 Å². The molecular weight excluding hydrogens is 804 g/mol. The summed E-state index contributed by atoms with van der Waals surface area (Å²) < 4.78 is 79.2. The molecule has 0 unspecified atom stereocenters. The van der Waals surface area contributed by atoms with Crippen LogP contribution in [-0.2, 0) is 20.2 Å². The van der Waals surface area contributed by atoms with E-state index in [0.29, 0.717) is 44.5 Å². The van der Waals surface area contributed by atoms with Gasteiger partial charge >= 0.3 is 37.7 Å². The van der Waals surface area contributed by atoms with Crippen molar-refractivity contribution in [3.8, 4) is 22.5 Å². The molecule has 17 heteroatoms. The zero-order chi connectivity index (χ0) is 38.2. The van der Waals surface area contributed by atoms with E-state index in [1.165, 1.54) is 6.92 Å². The monoisotopic (exact) mass is 830 g/mol. The molecule has 0 saturated carbocycles. The molecular formula is C37H28Cl4Li2N2O7S2. The summed E-state index contributed by atoms with van der Waals surface area (Å²) in [4.78, 5) is 3.78. The Morgan fingerprint density at radius 2 is 1.41 bits per heavy atom. The van der Waals surface area contributed by atoms with E-state index in [1.54, 1.807) is 56.3 Å². The van der Waals surface area contributed by atoms with Crippen molar-refractivity contribution in [3.63, 3.8) is 0 Å². The summed E-state index contributed by atoms with van der Waals surface area (Å²) in [6.45, 7) is 10.7. The van der Waals surface area contributed by atoms with Crippen molar-refractivity contribution < 1.29 is 68.1 Å². The van der Waals surface area contributed by atoms with E-state index in [-0.39, 0.29) is 85.7 Å². The molecule has 2 aliphatic rings. The second-order valence-electron chi connectivity index (χ2n) is 12.4. The van der Waals surface area contributed by atoms with Crippen LogP contribution in [0.1, 0.15) is 33.4 Å². The summed E-state index contributed by atoms with van der Waals surface area (Å²) in [5, 5.41) is 2.63. The second kappa shape index (κ2) is 16.2.